The van der Waals surface area contributed by atoms with Gasteiger partial charge in [0.25, 0.3) is 11.8 Å². The molecule has 0 aliphatic carbocycles. The number of furan rings is 1. The van der Waals surface area contributed by atoms with E-state index in [-0.39, 0.29) is 18.3 Å². The normalized spacial score (nSPS) is 12.5. The smallest absolute Gasteiger partial charge is 0.291 e. The van der Waals surface area contributed by atoms with Crippen molar-refractivity contribution in [2.45, 2.75) is 0 Å². The lowest BCUT2D eigenvalue weighted by Crippen LogP contribution is -2.30. The largest absolute Gasteiger partial charge is 0.454 e. The number of anilines is 1. The number of carbonyl (C=O) groups is 2. The first kappa shape index (κ1) is 18.8. The molecular weight excluding hydrogens is 440 g/mol. The van der Waals surface area contributed by atoms with Crippen LogP contribution >= 0.6 is 15.9 Å². The maximum Gasteiger partial charge on any atom is 0.291 e. The molecule has 0 saturated carbocycles. The van der Waals surface area contributed by atoms with Crippen LogP contribution in [0.2, 0.25) is 0 Å². The van der Waals surface area contributed by atoms with Gasteiger partial charge >= 0.3 is 0 Å². The highest BCUT2D eigenvalue weighted by atomic mass is 79.9. The van der Waals surface area contributed by atoms with Crippen LogP contribution < -0.4 is 20.1 Å². The van der Waals surface area contributed by atoms with E-state index >= 15 is 0 Å². The van der Waals surface area contributed by atoms with E-state index in [1.165, 1.54) is 6.07 Å². The zero-order valence-electron chi connectivity index (χ0n) is 15.0. The average Bonchev–Trinajstić information content (AvgIpc) is 3.36. The Morgan fingerprint density at radius 2 is 1.76 bits per heavy atom. The lowest BCUT2D eigenvalue weighted by Gasteiger charge is -2.10. The van der Waals surface area contributed by atoms with Crippen molar-refractivity contribution in [3.8, 4) is 11.5 Å². The molecule has 7 nitrogen and oxygen atoms in total. The molecule has 0 spiro atoms. The molecule has 1 aromatic heterocycles. The van der Waals surface area contributed by atoms with E-state index < -0.39 is 11.8 Å². The van der Waals surface area contributed by atoms with Crippen molar-refractivity contribution in [3.63, 3.8) is 0 Å². The number of carbonyl (C=O) groups excluding carboxylic acids is 2. The van der Waals surface area contributed by atoms with Gasteiger partial charge in [0.15, 0.2) is 21.9 Å². The van der Waals surface area contributed by atoms with Crippen LogP contribution in [-0.4, -0.2) is 18.6 Å². The Morgan fingerprint density at radius 1 is 0.966 bits per heavy atom. The molecule has 2 N–H and O–H groups in total. The topological polar surface area (TPSA) is 89.8 Å². The quantitative estimate of drug-likeness (QED) is 0.564. The van der Waals surface area contributed by atoms with Crippen LogP contribution in [0.5, 0.6) is 11.5 Å². The summed E-state index contributed by atoms with van der Waals surface area (Å²) < 4.78 is 16.3. The molecule has 1 aliphatic heterocycles. The second-order valence-electron chi connectivity index (χ2n) is 6.05. The summed E-state index contributed by atoms with van der Waals surface area (Å²) in [7, 11) is 0. The van der Waals surface area contributed by atoms with Gasteiger partial charge in [0.2, 0.25) is 6.79 Å². The first-order chi connectivity index (χ1) is 14.1. The van der Waals surface area contributed by atoms with E-state index in [1.807, 2.05) is 6.07 Å². The maximum atomic E-state index is 12.8. The Morgan fingerprint density at radius 3 is 2.52 bits per heavy atom. The van der Waals surface area contributed by atoms with E-state index in [4.69, 9.17) is 13.9 Å². The SMILES string of the molecule is O=C(Nc1ccccc1)/C(=C/c1ccc2c(c1)OCO2)NC(=O)c1ccc(Br)o1. The molecule has 1 aliphatic rings. The third-order valence-electron chi connectivity index (χ3n) is 4.03. The first-order valence-corrected chi connectivity index (χ1v) is 9.42. The van der Waals surface area contributed by atoms with Gasteiger partial charge in [0.1, 0.15) is 5.70 Å². The van der Waals surface area contributed by atoms with E-state index in [0.717, 1.165) is 0 Å². The zero-order valence-corrected chi connectivity index (χ0v) is 16.6. The minimum absolute atomic E-state index is 0.0465. The molecule has 0 fully saturated rings. The highest BCUT2D eigenvalue weighted by molar-refractivity contribution is 9.10. The molecule has 8 heteroatoms. The van der Waals surface area contributed by atoms with Crippen molar-refractivity contribution in [2.24, 2.45) is 0 Å². The Hall–Kier alpha value is -3.52. The number of hydrogen-bond acceptors (Lipinski definition) is 5. The van der Waals surface area contributed by atoms with Crippen LogP contribution in [0.1, 0.15) is 16.1 Å². The fraction of sp³-hybridized carbons (Fsp3) is 0.0476. The molecule has 2 amide bonds. The average molecular weight is 455 g/mol. The molecule has 29 heavy (non-hydrogen) atoms. The lowest BCUT2D eigenvalue weighted by molar-refractivity contribution is -0.113. The third-order valence-corrected chi connectivity index (χ3v) is 4.46. The molecule has 2 aromatic carbocycles. The van der Waals surface area contributed by atoms with E-state index in [2.05, 4.69) is 26.6 Å². The monoisotopic (exact) mass is 454 g/mol. The number of ether oxygens (including phenoxy) is 2. The third kappa shape index (κ3) is 4.49. The molecule has 2 heterocycles. The van der Waals surface area contributed by atoms with Gasteiger partial charge in [-0.2, -0.15) is 0 Å². The van der Waals surface area contributed by atoms with Gasteiger partial charge in [-0.05, 0) is 64.0 Å². The molecule has 0 atom stereocenters. The van der Waals surface area contributed by atoms with Crippen molar-refractivity contribution in [2.75, 3.05) is 12.1 Å². The molecule has 146 valence electrons. The van der Waals surface area contributed by atoms with Crippen molar-refractivity contribution in [1.82, 2.24) is 5.32 Å². The summed E-state index contributed by atoms with van der Waals surface area (Å²) in [6.45, 7) is 0.147. The van der Waals surface area contributed by atoms with Crippen molar-refractivity contribution >= 4 is 39.5 Å². The molecule has 0 bridgehead atoms. The summed E-state index contributed by atoms with van der Waals surface area (Å²) in [5.41, 5.74) is 1.31. The molecule has 0 radical (unpaired) electrons. The fourth-order valence-corrected chi connectivity index (χ4v) is 2.97. The Labute approximate surface area is 174 Å². The van der Waals surface area contributed by atoms with Crippen LogP contribution in [0.3, 0.4) is 0 Å². The second-order valence-corrected chi connectivity index (χ2v) is 6.83. The van der Waals surface area contributed by atoms with Crippen LogP contribution in [0.25, 0.3) is 6.08 Å². The Balaban J connectivity index is 1.62. The zero-order chi connectivity index (χ0) is 20.2. The summed E-state index contributed by atoms with van der Waals surface area (Å²) in [6, 6.07) is 17.3. The number of fused-ring (bicyclic) bond motifs is 1. The summed E-state index contributed by atoms with van der Waals surface area (Å²) >= 11 is 3.16. The van der Waals surface area contributed by atoms with Gasteiger partial charge in [-0.3, -0.25) is 9.59 Å². The van der Waals surface area contributed by atoms with Crippen molar-refractivity contribution < 1.29 is 23.5 Å². The molecule has 0 unspecified atom stereocenters. The number of benzene rings is 2. The van der Waals surface area contributed by atoms with Gasteiger partial charge < -0.3 is 24.5 Å². The van der Waals surface area contributed by atoms with E-state index in [0.29, 0.717) is 27.4 Å². The second kappa shape index (κ2) is 8.24. The van der Waals surface area contributed by atoms with E-state index in [1.54, 1.807) is 54.6 Å². The number of nitrogens with one attached hydrogen (secondary N) is 2. The van der Waals surface area contributed by atoms with Crippen LogP contribution in [-0.2, 0) is 4.79 Å². The minimum Gasteiger partial charge on any atom is -0.454 e. The van der Waals surface area contributed by atoms with Crippen molar-refractivity contribution in [1.29, 1.82) is 0 Å². The van der Waals surface area contributed by atoms with Crippen LogP contribution in [0.15, 0.2) is 75.4 Å². The summed E-state index contributed by atoms with van der Waals surface area (Å²) in [6.07, 6.45) is 1.55. The number of hydrogen-bond donors (Lipinski definition) is 2. The highest BCUT2D eigenvalue weighted by Crippen LogP contribution is 2.33. The molecule has 3 aromatic rings. The maximum absolute atomic E-state index is 12.8. The number of para-hydroxylation sites is 1. The Bertz CT molecular complexity index is 1090. The summed E-state index contributed by atoms with van der Waals surface area (Å²) in [4.78, 5) is 25.3. The van der Waals surface area contributed by atoms with Gasteiger partial charge in [-0.15, -0.1) is 0 Å². The fourth-order valence-electron chi connectivity index (χ4n) is 2.67. The van der Waals surface area contributed by atoms with Crippen LogP contribution in [0.4, 0.5) is 5.69 Å². The predicted molar refractivity (Wildman–Crippen MR) is 109 cm³/mol. The predicted octanol–water partition coefficient (Wildman–Crippen LogP) is 4.18. The number of halogens is 1. The highest BCUT2D eigenvalue weighted by Gasteiger charge is 2.18. The standard InChI is InChI=1S/C21H15BrN2O5/c22-19-9-8-17(29-19)21(26)24-15(20(25)23-14-4-2-1-3-5-14)10-13-6-7-16-18(11-13)28-12-27-16/h1-11H,12H2,(H,23,25)(H,24,26)/b15-10-. The Kier molecular flexibility index (Phi) is 5.35. The van der Waals surface area contributed by atoms with Gasteiger partial charge in [-0.1, -0.05) is 24.3 Å². The molecule has 4 rings (SSSR count). The number of rotatable bonds is 5. The van der Waals surface area contributed by atoms with Gasteiger partial charge in [0.05, 0.1) is 0 Å². The first-order valence-electron chi connectivity index (χ1n) is 8.63. The summed E-state index contributed by atoms with van der Waals surface area (Å²) in [5.74, 6) is 0.240. The van der Waals surface area contributed by atoms with Gasteiger partial charge in [-0.25, -0.2) is 0 Å². The summed E-state index contributed by atoms with van der Waals surface area (Å²) in [5, 5.41) is 5.37. The van der Waals surface area contributed by atoms with E-state index in [9.17, 15) is 9.59 Å². The van der Waals surface area contributed by atoms with Crippen molar-refractivity contribution in [3.05, 3.63) is 82.4 Å². The molecular formula is C21H15BrN2O5. The van der Waals surface area contributed by atoms with Crippen LogP contribution in [0, 0.1) is 0 Å². The lowest BCUT2D eigenvalue weighted by atomic mass is 10.1. The molecule has 0 saturated heterocycles. The minimum atomic E-state index is -0.550. The number of amides is 2. The van der Waals surface area contributed by atoms with Gasteiger partial charge in [0, 0.05) is 5.69 Å².